The number of hydrogen-bond donors (Lipinski definition) is 4. The van der Waals surface area contributed by atoms with Gasteiger partial charge in [-0.15, -0.1) is 0 Å². The molecule has 1 aromatic carbocycles. The first-order valence-electron chi connectivity index (χ1n) is 5.06. The van der Waals surface area contributed by atoms with Gasteiger partial charge in [0.2, 0.25) is 0 Å². The van der Waals surface area contributed by atoms with E-state index < -0.39 is 18.0 Å². The van der Waals surface area contributed by atoms with Gasteiger partial charge in [0.05, 0.1) is 25.4 Å². The molecule has 0 saturated carbocycles. The first-order chi connectivity index (χ1) is 7.69. The molecule has 0 aliphatic carbocycles. The lowest BCUT2D eigenvalue weighted by atomic mass is 10.1. The zero-order valence-corrected chi connectivity index (χ0v) is 8.81. The number of hydrogen-bond acceptors (Lipinski definition) is 4. The molecule has 0 aliphatic rings. The van der Waals surface area contributed by atoms with Gasteiger partial charge in [-0.2, -0.15) is 0 Å². The van der Waals surface area contributed by atoms with Crippen LogP contribution in [0.1, 0.15) is 11.7 Å². The summed E-state index contributed by atoms with van der Waals surface area (Å²) in [6, 6.07) is 5.45. The summed E-state index contributed by atoms with van der Waals surface area (Å²) in [7, 11) is 0. The van der Waals surface area contributed by atoms with Crippen LogP contribution in [0, 0.1) is 5.82 Å². The summed E-state index contributed by atoms with van der Waals surface area (Å²) >= 11 is 0. The van der Waals surface area contributed by atoms with Crippen LogP contribution in [-0.2, 0) is 0 Å². The number of halogens is 1. The first-order valence-corrected chi connectivity index (χ1v) is 5.06. The fourth-order valence-corrected chi connectivity index (χ4v) is 1.32. The van der Waals surface area contributed by atoms with Crippen molar-refractivity contribution in [1.29, 1.82) is 0 Å². The van der Waals surface area contributed by atoms with Crippen LogP contribution in [-0.4, -0.2) is 41.1 Å². The predicted octanol–water partition coefficient (Wildman–Crippen LogP) is -0.198. The maximum Gasteiger partial charge on any atom is 0.129 e. The highest BCUT2D eigenvalue weighted by Gasteiger charge is 2.13. The molecule has 0 radical (unpaired) electrons. The third-order valence-corrected chi connectivity index (χ3v) is 2.30. The third kappa shape index (κ3) is 3.53. The highest BCUT2D eigenvalue weighted by molar-refractivity contribution is 5.19. The monoisotopic (exact) mass is 229 g/mol. The molecule has 0 aromatic heterocycles. The van der Waals surface area contributed by atoms with E-state index in [0.29, 0.717) is 0 Å². The second kappa shape index (κ2) is 6.55. The summed E-state index contributed by atoms with van der Waals surface area (Å²) in [6.45, 7) is -0.395. The van der Waals surface area contributed by atoms with Crippen molar-refractivity contribution in [2.24, 2.45) is 0 Å². The summed E-state index contributed by atoms with van der Waals surface area (Å²) in [4.78, 5) is 0. The van der Waals surface area contributed by atoms with E-state index >= 15 is 0 Å². The van der Waals surface area contributed by atoms with Crippen molar-refractivity contribution in [1.82, 2.24) is 5.32 Å². The molecule has 4 N–H and O–H groups in total. The molecular formula is C11H16FNO3. The Morgan fingerprint density at radius 3 is 2.38 bits per heavy atom. The van der Waals surface area contributed by atoms with E-state index in [9.17, 15) is 9.50 Å². The highest BCUT2D eigenvalue weighted by atomic mass is 19.1. The molecule has 1 rings (SSSR count). The highest BCUT2D eigenvalue weighted by Crippen LogP contribution is 2.15. The molecule has 4 nitrogen and oxygen atoms in total. The number of rotatable bonds is 6. The van der Waals surface area contributed by atoms with Crippen molar-refractivity contribution in [3.63, 3.8) is 0 Å². The largest absolute Gasteiger partial charge is 0.395 e. The van der Waals surface area contributed by atoms with Crippen molar-refractivity contribution in [3.8, 4) is 0 Å². The predicted molar refractivity (Wildman–Crippen MR) is 57.3 cm³/mol. The van der Waals surface area contributed by atoms with Crippen LogP contribution in [0.25, 0.3) is 0 Å². The molecule has 0 aliphatic heterocycles. The molecule has 0 fully saturated rings. The van der Waals surface area contributed by atoms with Crippen molar-refractivity contribution >= 4 is 0 Å². The van der Waals surface area contributed by atoms with Gasteiger partial charge in [0.1, 0.15) is 5.82 Å². The van der Waals surface area contributed by atoms with Crippen LogP contribution < -0.4 is 5.32 Å². The number of aliphatic hydroxyl groups excluding tert-OH is 3. The zero-order valence-electron chi connectivity index (χ0n) is 8.81. The van der Waals surface area contributed by atoms with Crippen LogP contribution in [0.3, 0.4) is 0 Å². The SMILES string of the molecule is OCC(CO)NCC(O)c1ccccc1F. The Kier molecular flexibility index (Phi) is 5.34. The van der Waals surface area contributed by atoms with Crippen molar-refractivity contribution in [2.75, 3.05) is 19.8 Å². The number of benzene rings is 1. The summed E-state index contributed by atoms with van der Waals surface area (Å²) in [6.07, 6.45) is -0.998. The molecule has 0 spiro atoms. The maximum atomic E-state index is 13.2. The Morgan fingerprint density at radius 1 is 1.19 bits per heavy atom. The van der Waals surface area contributed by atoms with Gasteiger partial charge in [-0.05, 0) is 6.07 Å². The second-order valence-electron chi connectivity index (χ2n) is 3.51. The van der Waals surface area contributed by atoms with Crippen LogP contribution in [0.4, 0.5) is 4.39 Å². The van der Waals surface area contributed by atoms with Crippen LogP contribution in [0.15, 0.2) is 24.3 Å². The number of nitrogens with one attached hydrogen (secondary N) is 1. The minimum atomic E-state index is -0.998. The van der Waals surface area contributed by atoms with Crippen LogP contribution in [0.5, 0.6) is 0 Å². The van der Waals surface area contributed by atoms with Crippen LogP contribution in [0.2, 0.25) is 0 Å². The molecular weight excluding hydrogens is 213 g/mol. The van der Waals surface area contributed by atoms with E-state index in [-0.39, 0.29) is 25.3 Å². The van der Waals surface area contributed by atoms with Gasteiger partial charge in [0.25, 0.3) is 0 Å². The van der Waals surface area contributed by atoms with Gasteiger partial charge in [0, 0.05) is 12.1 Å². The maximum absolute atomic E-state index is 13.2. The minimum Gasteiger partial charge on any atom is -0.395 e. The lowest BCUT2D eigenvalue weighted by Crippen LogP contribution is -2.38. The molecule has 0 bridgehead atoms. The molecule has 90 valence electrons. The first kappa shape index (κ1) is 13.1. The van der Waals surface area contributed by atoms with Crippen molar-refractivity contribution in [3.05, 3.63) is 35.6 Å². The van der Waals surface area contributed by atoms with Gasteiger partial charge < -0.3 is 20.6 Å². The van der Waals surface area contributed by atoms with Gasteiger partial charge in [0.15, 0.2) is 0 Å². The van der Waals surface area contributed by atoms with E-state index in [1.807, 2.05) is 0 Å². The summed E-state index contributed by atoms with van der Waals surface area (Å²) in [5, 5.41) is 30.0. The Bertz CT molecular complexity index is 318. The standard InChI is InChI=1S/C11H16FNO3/c12-10-4-2-1-3-9(10)11(16)5-13-8(6-14)7-15/h1-4,8,11,13-16H,5-7H2. The van der Waals surface area contributed by atoms with Gasteiger partial charge in [-0.3, -0.25) is 0 Å². The minimum absolute atomic E-state index is 0.0761. The zero-order chi connectivity index (χ0) is 12.0. The topological polar surface area (TPSA) is 72.7 Å². The lowest BCUT2D eigenvalue weighted by Gasteiger charge is -2.17. The Balaban J connectivity index is 2.52. The smallest absolute Gasteiger partial charge is 0.129 e. The molecule has 0 heterocycles. The summed E-state index contributed by atoms with van der Waals surface area (Å²) in [5.74, 6) is -0.471. The van der Waals surface area contributed by atoms with Gasteiger partial charge in [-0.1, -0.05) is 18.2 Å². The Morgan fingerprint density at radius 2 is 1.81 bits per heavy atom. The molecule has 1 aromatic rings. The van der Waals surface area contributed by atoms with Gasteiger partial charge >= 0.3 is 0 Å². The number of aliphatic hydroxyl groups is 3. The van der Waals surface area contributed by atoms with E-state index in [4.69, 9.17) is 10.2 Å². The molecule has 16 heavy (non-hydrogen) atoms. The Hall–Kier alpha value is -1.01. The van der Waals surface area contributed by atoms with Crippen molar-refractivity contribution in [2.45, 2.75) is 12.1 Å². The fraction of sp³-hybridized carbons (Fsp3) is 0.455. The quantitative estimate of drug-likeness (QED) is 0.545. The molecule has 0 saturated heterocycles. The van der Waals surface area contributed by atoms with E-state index in [1.165, 1.54) is 12.1 Å². The molecule has 1 unspecified atom stereocenters. The third-order valence-electron chi connectivity index (χ3n) is 2.30. The second-order valence-corrected chi connectivity index (χ2v) is 3.51. The molecule has 0 amide bonds. The Labute approximate surface area is 93.4 Å². The molecule has 5 heteroatoms. The fourth-order valence-electron chi connectivity index (χ4n) is 1.32. The molecule has 1 atom stereocenters. The van der Waals surface area contributed by atoms with E-state index in [0.717, 1.165) is 0 Å². The van der Waals surface area contributed by atoms with Gasteiger partial charge in [-0.25, -0.2) is 4.39 Å². The summed E-state index contributed by atoms with van der Waals surface area (Å²) in [5.41, 5.74) is 0.199. The average molecular weight is 229 g/mol. The van der Waals surface area contributed by atoms with E-state index in [2.05, 4.69) is 5.32 Å². The van der Waals surface area contributed by atoms with E-state index in [1.54, 1.807) is 12.1 Å². The lowest BCUT2D eigenvalue weighted by molar-refractivity contribution is 0.133. The summed E-state index contributed by atoms with van der Waals surface area (Å²) < 4.78 is 13.2. The normalized spacial score (nSPS) is 13.1. The van der Waals surface area contributed by atoms with Crippen molar-refractivity contribution < 1.29 is 19.7 Å². The van der Waals surface area contributed by atoms with Crippen LogP contribution >= 0.6 is 0 Å². The average Bonchev–Trinajstić information content (AvgIpc) is 2.30.